The summed E-state index contributed by atoms with van der Waals surface area (Å²) in [5.74, 6) is -0.652. The lowest BCUT2D eigenvalue weighted by atomic mass is 10.2. The molecule has 0 amide bonds. The summed E-state index contributed by atoms with van der Waals surface area (Å²) in [5, 5.41) is 5.82. The van der Waals surface area contributed by atoms with Gasteiger partial charge in [0.15, 0.2) is 24.1 Å². The maximum absolute atomic E-state index is 13.7. The van der Waals surface area contributed by atoms with Crippen LogP contribution in [0.4, 0.5) is 22.0 Å². The van der Waals surface area contributed by atoms with Crippen LogP contribution in [0, 0.1) is 11.6 Å². The Morgan fingerprint density at radius 1 is 1.00 bits per heavy atom. The number of alkyl halides is 3. The van der Waals surface area contributed by atoms with Crippen molar-refractivity contribution in [2.75, 3.05) is 20.8 Å². The number of nitrogens with one attached hydrogen (secondary N) is 2. The molecule has 0 fully saturated rings. The fourth-order valence-corrected chi connectivity index (χ4v) is 2.36. The van der Waals surface area contributed by atoms with E-state index >= 15 is 0 Å². The van der Waals surface area contributed by atoms with Gasteiger partial charge in [-0.15, -0.1) is 24.0 Å². The predicted molar refractivity (Wildman–Crippen MR) is 113 cm³/mol. The van der Waals surface area contributed by atoms with E-state index in [2.05, 4.69) is 15.6 Å². The summed E-state index contributed by atoms with van der Waals surface area (Å²) in [7, 11) is 2.83. The molecule has 2 aromatic carbocycles. The van der Waals surface area contributed by atoms with Crippen LogP contribution in [0.25, 0.3) is 0 Å². The van der Waals surface area contributed by atoms with Crippen molar-refractivity contribution < 1.29 is 31.4 Å². The third kappa shape index (κ3) is 8.20. The quantitative estimate of drug-likeness (QED) is 0.235. The summed E-state index contributed by atoms with van der Waals surface area (Å²) < 4.78 is 73.6. The number of benzene rings is 2. The number of hydrogen-bond acceptors (Lipinski definition) is 3. The molecule has 0 aromatic heterocycles. The molecule has 0 bridgehead atoms. The van der Waals surface area contributed by atoms with E-state index in [1.807, 2.05) is 0 Å². The molecule has 0 saturated heterocycles. The van der Waals surface area contributed by atoms with E-state index in [1.165, 1.54) is 26.3 Å². The van der Waals surface area contributed by atoms with Crippen LogP contribution in [0.2, 0.25) is 0 Å². The normalized spacial score (nSPS) is 11.5. The van der Waals surface area contributed by atoms with Crippen molar-refractivity contribution in [3.63, 3.8) is 0 Å². The molecule has 5 nitrogen and oxygen atoms in total. The van der Waals surface area contributed by atoms with E-state index in [1.54, 1.807) is 6.07 Å². The smallest absolute Gasteiger partial charge is 0.422 e. The van der Waals surface area contributed by atoms with Gasteiger partial charge in [-0.25, -0.2) is 8.78 Å². The van der Waals surface area contributed by atoms with Crippen molar-refractivity contribution in [3.8, 4) is 11.5 Å². The van der Waals surface area contributed by atoms with Crippen LogP contribution < -0.4 is 20.1 Å². The van der Waals surface area contributed by atoms with Gasteiger partial charge >= 0.3 is 6.18 Å². The van der Waals surface area contributed by atoms with Crippen LogP contribution in [0.1, 0.15) is 11.1 Å². The molecule has 11 heteroatoms. The SMILES string of the molecule is CN=C(NCc1ccc(OCC(F)(F)F)c(OC)c1)NCc1cc(F)ccc1F.I. The van der Waals surface area contributed by atoms with E-state index < -0.39 is 24.4 Å². The highest BCUT2D eigenvalue weighted by Crippen LogP contribution is 2.29. The fraction of sp³-hybridized carbons (Fsp3) is 0.316. The highest BCUT2D eigenvalue weighted by Gasteiger charge is 2.29. The summed E-state index contributed by atoms with van der Waals surface area (Å²) in [6.45, 7) is -1.16. The molecule has 0 saturated carbocycles. The number of halogens is 6. The van der Waals surface area contributed by atoms with Crippen molar-refractivity contribution in [2.45, 2.75) is 19.3 Å². The fourth-order valence-electron chi connectivity index (χ4n) is 2.36. The van der Waals surface area contributed by atoms with Gasteiger partial charge in [0.1, 0.15) is 11.6 Å². The van der Waals surface area contributed by atoms with Crippen LogP contribution in [0.3, 0.4) is 0 Å². The minimum absolute atomic E-state index is 0. The van der Waals surface area contributed by atoms with Gasteiger partial charge < -0.3 is 20.1 Å². The van der Waals surface area contributed by atoms with Crippen LogP contribution in [-0.2, 0) is 13.1 Å². The first kappa shape index (κ1) is 25.7. The standard InChI is InChI=1S/C19H20F5N3O2.HI/c1-25-18(27-10-13-8-14(20)4-5-15(13)21)26-9-12-3-6-16(17(7-12)28-2)29-11-19(22,23)24;/h3-8H,9-11H2,1-2H3,(H2,25,26,27);1H. The number of nitrogens with zero attached hydrogens (tertiary/aromatic N) is 1. The highest BCUT2D eigenvalue weighted by molar-refractivity contribution is 14.0. The van der Waals surface area contributed by atoms with Gasteiger partial charge in [0, 0.05) is 25.7 Å². The average molecular weight is 545 g/mol. The monoisotopic (exact) mass is 545 g/mol. The van der Waals surface area contributed by atoms with E-state index in [4.69, 9.17) is 9.47 Å². The maximum atomic E-state index is 13.7. The van der Waals surface area contributed by atoms with Gasteiger partial charge in [-0.3, -0.25) is 4.99 Å². The third-order valence-corrected chi connectivity index (χ3v) is 3.76. The van der Waals surface area contributed by atoms with Gasteiger partial charge in [-0.1, -0.05) is 6.07 Å². The number of aliphatic imine (C=N–C) groups is 1. The molecule has 0 unspecified atom stereocenters. The Labute approximate surface area is 187 Å². The Balaban J connectivity index is 0.00000450. The van der Waals surface area contributed by atoms with Gasteiger partial charge in [0.25, 0.3) is 0 Å². The Morgan fingerprint density at radius 2 is 1.70 bits per heavy atom. The molecule has 2 aromatic rings. The van der Waals surface area contributed by atoms with E-state index in [0.717, 1.165) is 18.2 Å². The molecule has 0 heterocycles. The van der Waals surface area contributed by atoms with Gasteiger partial charge in [0.2, 0.25) is 0 Å². The molecule has 0 atom stereocenters. The lowest BCUT2D eigenvalue weighted by Crippen LogP contribution is -2.36. The topological polar surface area (TPSA) is 54.9 Å². The van der Waals surface area contributed by atoms with Gasteiger partial charge in [-0.2, -0.15) is 13.2 Å². The summed E-state index contributed by atoms with van der Waals surface area (Å²) in [6, 6.07) is 7.62. The minimum Gasteiger partial charge on any atom is -0.493 e. The largest absolute Gasteiger partial charge is 0.493 e. The maximum Gasteiger partial charge on any atom is 0.422 e. The van der Waals surface area contributed by atoms with Crippen molar-refractivity contribution >= 4 is 29.9 Å². The number of guanidine groups is 1. The number of methoxy groups -OCH3 is 1. The second kappa shape index (κ2) is 11.8. The highest BCUT2D eigenvalue weighted by atomic mass is 127. The van der Waals surface area contributed by atoms with Crippen LogP contribution in [0.15, 0.2) is 41.4 Å². The summed E-state index contributed by atoms with van der Waals surface area (Å²) >= 11 is 0. The van der Waals surface area contributed by atoms with Crippen molar-refractivity contribution in [1.29, 1.82) is 0 Å². The molecular weight excluding hydrogens is 524 g/mol. The Morgan fingerprint density at radius 3 is 2.33 bits per heavy atom. The first-order chi connectivity index (χ1) is 13.7. The van der Waals surface area contributed by atoms with Crippen LogP contribution >= 0.6 is 24.0 Å². The second-order valence-corrected chi connectivity index (χ2v) is 5.90. The molecule has 2 N–H and O–H groups in total. The second-order valence-electron chi connectivity index (χ2n) is 5.90. The predicted octanol–water partition coefficient (Wildman–Crippen LogP) is 4.40. The van der Waals surface area contributed by atoms with E-state index in [0.29, 0.717) is 11.5 Å². The zero-order chi connectivity index (χ0) is 21.4. The van der Waals surface area contributed by atoms with Gasteiger partial charge in [0.05, 0.1) is 7.11 Å². The summed E-state index contributed by atoms with van der Waals surface area (Å²) in [4.78, 5) is 3.98. The first-order valence-electron chi connectivity index (χ1n) is 8.46. The lowest BCUT2D eigenvalue weighted by molar-refractivity contribution is -0.153. The third-order valence-electron chi connectivity index (χ3n) is 3.76. The average Bonchev–Trinajstić information content (AvgIpc) is 2.68. The Bertz CT molecular complexity index is 863. The summed E-state index contributed by atoms with van der Waals surface area (Å²) in [6.07, 6.45) is -4.45. The Hall–Kier alpha value is -2.31. The van der Waals surface area contributed by atoms with Crippen molar-refractivity contribution in [2.24, 2.45) is 4.99 Å². The minimum atomic E-state index is -4.45. The van der Waals surface area contributed by atoms with E-state index in [9.17, 15) is 22.0 Å². The number of rotatable bonds is 7. The number of hydrogen-bond donors (Lipinski definition) is 2. The molecule has 0 aliphatic rings. The molecule has 0 radical (unpaired) electrons. The van der Waals surface area contributed by atoms with E-state index in [-0.39, 0.29) is 54.1 Å². The van der Waals surface area contributed by atoms with Crippen molar-refractivity contribution in [3.05, 3.63) is 59.2 Å². The molecule has 0 aliphatic carbocycles. The van der Waals surface area contributed by atoms with Crippen LogP contribution in [-0.4, -0.2) is 32.9 Å². The zero-order valence-electron chi connectivity index (χ0n) is 16.1. The Kier molecular flexibility index (Phi) is 10.1. The molecule has 166 valence electrons. The molecule has 0 spiro atoms. The zero-order valence-corrected chi connectivity index (χ0v) is 18.5. The van der Waals surface area contributed by atoms with Crippen molar-refractivity contribution in [1.82, 2.24) is 10.6 Å². The molecule has 0 aliphatic heterocycles. The molecule has 2 rings (SSSR count). The molecular formula is C19H21F5IN3O2. The molecule has 30 heavy (non-hydrogen) atoms. The first-order valence-corrected chi connectivity index (χ1v) is 8.46. The van der Waals surface area contributed by atoms with Gasteiger partial charge in [-0.05, 0) is 35.9 Å². The number of ether oxygens (including phenoxy) is 2. The lowest BCUT2D eigenvalue weighted by Gasteiger charge is -2.15. The van der Waals surface area contributed by atoms with Crippen LogP contribution in [0.5, 0.6) is 11.5 Å². The summed E-state index contributed by atoms with van der Waals surface area (Å²) in [5.41, 5.74) is 0.821.